The molecule has 1 amide bonds. The van der Waals surface area contributed by atoms with Crippen LogP contribution in [0.25, 0.3) is 0 Å². The van der Waals surface area contributed by atoms with Crippen LogP contribution < -0.4 is 5.32 Å². The third-order valence-corrected chi connectivity index (χ3v) is 6.48. The van der Waals surface area contributed by atoms with Crippen LogP contribution in [0.1, 0.15) is 5.56 Å². The Balaban J connectivity index is 1.55. The van der Waals surface area contributed by atoms with Crippen LogP contribution in [0.15, 0.2) is 47.4 Å². The molecule has 9 heteroatoms. The van der Waals surface area contributed by atoms with Gasteiger partial charge in [0.15, 0.2) is 0 Å². The Morgan fingerprint density at radius 2 is 1.79 bits per heavy atom. The van der Waals surface area contributed by atoms with Crippen molar-refractivity contribution in [1.82, 2.24) is 9.21 Å². The van der Waals surface area contributed by atoms with Gasteiger partial charge in [0, 0.05) is 31.9 Å². The average Bonchev–Trinajstić information content (AvgIpc) is 2.65. The number of rotatable bonds is 5. The average molecular weight is 409 g/mol. The number of aryl methyl sites for hydroxylation is 1. The number of halogens is 2. The Labute approximate surface area is 162 Å². The van der Waals surface area contributed by atoms with Crippen LogP contribution in [-0.2, 0) is 14.8 Å². The molecular weight excluding hydrogens is 388 g/mol. The number of nitrogens with zero attached hydrogens (tertiary/aromatic N) is 2. The largest absolute Gasteiger partial charge is 0.325 e. The number of hydrogen-bond acceptors (Lipinski definition) is 4. The third-order valence-electron chi connectivity index (χ3n) is 4.59. The molecule has 0 radical (unpaired) electrons. The number of piperazine rings is 1. The lowest BCUT2D eigenvalue weighted by Gasteiger charge is -2.33. The van der Waals surface area contributed by atoms with E-state index in [1.54, 1.807) is 19.1 Å². The molecule has 1 fully saturated rings. The minimum atomic E-state index is -3.77. The minimum Gasteiger partial charge on any atom is -0.325 e. The summed E-state index contributed by atoms with van der Waals surface area (Å²) in [7, 11) is -3.77. The van der Waals surface area contributed by atoms with E-state index in [-0.39, 0.29) is 30.4 Å². The van der Waals surface area contributed by atoms with Gasteiger partial charge >= 0.3 is 0 Å². The predicted molar refractivity (Wildman–Crippen MR) is 101 cm³/mol. The lowest BCUT2D eigenvalue weighted by molar-refractivity contribution is -0.117. The van der Waals surface area contributed by atoms with E-state index in [2.05, 4.69) is 5.32 Å². The smallest absolute Gasteiger partial charge is 0.243 e. The summed E-state index contributed by atoms with van der Waals surface area (Å²) in [5, 5.41) is 2.64. The lowest BCUT2D eigenvalue weighted by Crippen LogP contribution is -2.50. The molecule has 3 rings (SSSR count). The minimum absolute atomic E-state index is 0.0728. The predicted octanol–water partition coefficient (Wildman–Crippen LogP) is 2.22. The topological polar surface area (TPSA) is 69.7 Å². The van der Waals surface area contributed by atoms with Crippen LogP contribution >= 0.6 is 0 Å². The molecule has 0 aliphatic carbocycles. The summed E-state index contributed by atoms with van der Waals surface area (Å²) in [5.74, 6) is -1.30. The van der Waals surface area contributed by atoms with Crippen LogP contribution in [0.2, 0.25) is 0 Å². The van der Waals surface area contributed by atoms with E-state index >= 15 is 0 Å². The standard InChI is InChI=1S/C19H21F2N3O3S/c1-14-5-6-16(12-18(14)21)22-19(25)13-23-7-9-24(10-8-23)28(26,27)17-4-2-3-15(20)11-17/h2-6,11-12H,7-10,13H2,1H3,(H,22,25). The lowest BCUT2D eigenvalue weighted by atomic mass is 10.2. The van der Waals surface area contributed by atoms with E-state index in [1.807, 2.05) is 4.90 Å². The Morgan fingerprint density at radius 3 is 2.43 bits per heavy atom. The maximum Gasteiger partial charge on any atom is 0.243 e. The molecule has 2 aromatic carbocycles. The van der Waals surface area contributed by atoms with Crippen molar-refractivity contribution < 1.29 is 22.0 Å². The first kappa shape index (κ1) is 20.4. The van der Waals surface area contributed by atoms with E-state index in [0.29, 0.717) is 24.3 Å². The molecule has 1 aliphatic heterocycles. The van der Waals surface area contributed by atoms with Gasteiger partial charge in [-0.15, -0.1) is 0 Å². The van der Waals surface area contributed by atoms with Crippen molar-refractivity contribution in [2.45, 2.75) is 11.8 Å². The highest BCUT2D eigenvalue weighted by atomic mass is 32.2. The second kappa shape index (κ2) is 8.34. The highest BCUT2D eigenvalue weighted by Gasteiger charge is 2.29. The zero-order valence-corrected chi connectivity index (χ0v) is 16.2. The summed E-state index contributed by atoms with van der Waals surface area (Å²) in [5.41, 5.74) is 0.869. The van der Waals surface area contributed by atoms with Crippen molar-refractivity contribution in [3.8, 4) is 0 Å². The molecule has 1 saturated heterocycles. The van der Waals surface area contributed by atoms with Crippen molar-refractivity contribution in [3.05, 3.63) is 59.7 Å². The van der Waals surface area contributed by atoms with Crippen molar-refractivity contribution >= 4 is 21.6 Å². The summed E-state index contributed by atoms with van der Waals surface area (Å²) in [6.07, 6.45) is 0. The SMILES string of the molecule is Cc1ccc(NC(=O)CN2CCN(S(=O)(=O)c3cccc(F)c3)CC2)cc1F. The van der Waals surface area contributed by atoms with Gasteiger partial charge in [-0.3, -0.25) is 9.69 Å². The zero-order chi connectivity index (χ0) is 20.3. The second-order valence-electron chi connectivity index (χ2n) is 6.65. The van der Waals surface area contributed by atoms with E-state index in [9.17, 15) is 22.0 Å². The number of carbonyl (C=O) groups is 1. The Morgan fingerprint density at radius 1 is 1.07 bits per heavy atom. The molecule has 0 bridgehead atoms. The van der Waals surface area contributed by atoms with Gasteiger partial charge in [-0.2, -0.15) is 4.31 Å². The Kier molecular flexibility index (Phi) is 6.07. The molecule has 1 aliphatic rings. The summed E-state index contributed by atoms with van der Waals surface area (Å²) < 4.78 is 53.4. The first-order valence-corrected chi connectivity index (χ1v) is 10.2. The van der Waals surface area contributed by atoms with Gasteiger partial charge < -0.3 is 5.32 Å². The van der Waals surface area contributed by atoms with Crippen LogP contribution in [0, 0.1) is 18.6 Å². The van der Waals surface area contributed by atoms with Crippen LogP contribution in [0.5, 0.6) is 0 Å². The third kappa shape index (κ3) is 4.73. The molecule has 1 heterocycles. The maximum atomic E-state index is 13.6. The molecule has 28 heavy (non-hydrogen) atoms. The van der Waals surface area contributed by atoms with E-state index in [1.165, 1.54) is 28.6 Å². The van der Waals surface area contributed by atoms with Gasteiger partial charge in [0.1, 0.15) is 11.6 Å². The van der Waals surface area contributed by atoms with Crippen molar-refractivity contribution in [2.75, 3.05) is 38.0 Å². The van der Waals surface area contributed by atoms with Crippen molar-refractivity contribution in [3.63, 3.8) is 0 Å². The van der Waals surface area contributed by atoms with Gasteiger partial charge in [0.25, 0.3) is 0 Å². The normalized spacial score (nSPS) is 16.1. The zero-order valence-electron chi connectivity index (χ0n) is 15.4. The number of benzene rings is 2. The molecule has 0 atom stereocenters. The van der Waals surface area contributed by atoms with Gasteiger partial charge in [-0.25, -0.2) is 17.2 Å². The fourth-order valence-electron chi connectivity index (χ4n) is 2.98. The van der Waals surface area contributed by atoms with Gasteiger partial charge in [-0.05, 0) is 42.8 Å². The summed E-state index contributed by atoms with van der Waals surface area (Å²) in [6.45, 7) is 2.84. The number of amides is 1. The van der Waals surface area contributed by atoms with E-state index in [4.69, 9.17) is 0 Å². The Hall–Kier alpha value is -2.36. The monoisotopic (exact) mass is 409 g/mol. The fraction of sp³-hybridized carbons (Fsp3) is 0.316. The Bertz CT molecular complexity index is 974. The van der Waals surface area contributed by atoms with Crippen molar-refractivity contribution in [2.24, 2.45) is 0 Å². The van der Waals surface area contributed by atoms with Gasteiger partial charge in [0.05, 0.1) is 11.4 Å². The van der Waals surface area contributed by atoms with E-state index < -0.39 is 21.7 Å². The first-order chi connectivity index (χ1) is 13.3. The molecule has 0 aromatic heterocycles. The number of nitrogens with one attached hydrogen (secondary N) is 1. The van der Waals surface area contributed by atoms with Crippen LogP contribution in [-0.4, -0.2) is 56.3 Å². The summed E-state index contributed by atoms with van der Waals surface area (Å²) >= 11 is 0. The van der Waals surface area contributed by atoms with Gasteiger partial charge in [-0.1, -0.05) is 12.1 Å². The highest BCUT2D eigenvalue weighted by Crippen LogP contribution is 2.19. The number of carbonyl (C=O) groups excluding carboxylic acids is 1. The number of hydrogen-bond donors (Lipinski definition) is 1. The van der Waals surface area contributed by atoms with Crippen LogP contribution in [0.4, 0.5) is 14.5 Å². The summed E-state index contributed by atoms with van der Waals surface area (Å²) in [4.78, 5) is 13.9. The van der Waals surface area contributed by atoms with Crippen LogP contribution in [0.3, 0.4) is 0 Å². The first-order valence-electron chi connectivity index (χ1n) is 8.80. The molecule has 2 aromatic rings. The molecule has 150 valence electrons. The highest BCUT2D eigenvalue weighted by molar-refractivity contribution is 7.89. The molecule has 0 unspecified atom stereocenters. The quantitative estimate of drug-likeness (QED) is 0.822. The molecular formula is C19H21F2N3O3S. The molecule has 6 nitrogen and oxygen atoms in total. The second-order valence-corrected chi connectivity index (χ2v) is 8.59. The maximum absolute atomic E-state index is 13.6. The molecule has 0 saturated carbocycles. The number of sulfonamides is 1. The summed E-state index contributed by atoms with van der Waals surface area (Å²) in [6, 6.07) is 9.37. The fourth-order valence-corrected chi connectivity index (χ4v) is 4.43. The van der Waals surface area contributed by atoms with Gasteiger partial charge in [0.2, 0.25) is 15.9 Å². The molecule has 0 spiro atoms. The molecule has 1 N–H and O–H groups in total. The van der Waals surface area contributed by atoms with Crippen molar-refractivity contribution in [1.29, 1.82) is 0 Å². The number of anilines is 1. The van der Waals surface area contributed by atoms with E-state index in [0.717, 1.165) is 6.07 Å².